The lowest BCUT2D eigenvalue weighted by Gasteiger charge is -2.35. The molecule has 0 radical (unpaired) electrons. The first-order chi connectivity index (χ1) is 16.2. The Morgan fingerprint density at radius 2 is 1.80 bits per heavy atom. The summed E-state index contributed by atoms with van der Waals surface area (Å²) in [4.78, 5) is 30.4. The van der Waals surface area contributed by atoms with E-state index in [1.165, 1.54) is 5.57 Å². The summed E-state index contributed by atoms with van der Waals surface area (Å²) in [6.45, 7) is 14.7. The van der Waals surface area contributed by atoms with Gasteiger partial charge in [-0.25, -0.2) is 4.98 Å². The van der Waals surface area contributed by atoms with Crippen molar-refractivity contribution >= 4 is 17.8 Å². The van der Waals surface area contributed by atoms with Gasteiger partial charge < -0.3 is 19.4 Å². The number of carbonyl (C=O) groups is 2. The lowest BCUT2D eigenvalue weighted by molar-refractivity contribution is -0.154. The summed E-state index contributed by atoms with van der Waals surface area (Å²) in [5.74, 6) is -0.729. The Balaban J connectivity index is 2.38. The number of rotatable bonds is 2. The third kappa shape index (κ3) is 7.87. The third-order valence-corrected chi connectivity index (χ3v) is 7.26. The summed E-state index contributed by atoms with van der Waals surface area (Å²) in [5.41, 5.74) is 1.41. The van der Waals surface area contributed by atoms with Crippen molar-refractivity contribution in [2.75, 3.05) is 0 Å². The number of cyclic esters (lactones) is 1. The molecule has 0 aromatic carbocycles. The second-order valence-corrected chi connectivity index (χ2v) is 11.1. The van der Waals surface area contributed by atoms with Crippen LogP contribution in [0.2, 0.25) is 0 Å². The summed E-state index contributed by atoms with van der Waals surface area (Å²) in [6, 6.07) is 0. The molecule has 0 bridgehead atoms. The average molecular weight is 490 g/mol. The molecule has 2 N–H and O–H groups in total. The molecule has 0 amide bonds. The van der Waals surface area contributed by atoms with E-state index in [-0.39, 0.29) is 18.1 Å². The first-order valence-corrected chi connectivity index (χ1v) is 12.6. The Bertz CT molecular complexity index is 943. The predicted octanol–water partition coefficient (Wildman–Crippen LogP) is 5.04. The number of allylic oxidation sites excluding steroid dienone is 1. The van der Waals surface area contributed by atoms with Gasteiger partial charge in [0.1, 0.15) is 23.8 Å². The number of hydrogen-bond acceptors (Lipinski definition) is 7. The second-order valence-electron chi connectivity index (χ2n) is 11.1. The number of aliphatic hydroxyl groups is 2. The number of nitrogens with zero attached hydrogens (tertiary/aromatic N) is 1. The minimum absolute atomic E-state index is 0.0774. The van der Waals surface area contributed by atoms with Crippen LogP contribution >= 0.6 is 0 Å². The number of hydrogen-bond donors (Lipinski definition) is 2. The largest absolute Gasteiger partial charge is 0.457 e. The average Bonchev–Trinajstić information content (AvgIpc) is 3.18. The topological polar surface area (TPSA) is 110 Å². The summed E-state index contributed by atoms with van der Waals surface area (Å²) in [5, 5.41) is 21.7. The van der Waals surface area contributed by atoms with Gasteiger partial charge in [-0.05, 0) is 50.2 Å². The molecule has 0 fully saturated rings. The first kappa shape index (κ1) is 29.0. The summed E-state index contributed by atoms with van der Waals surface area (Å²) in [7, 11) is 0. The van der Waals surface area contributed by atoms with Crippen LogP contribution in [0.25, 0.3) is 6.08 Å². The van der Waals surface area contributed by atoms with Gasteiger partial charge in [-0.1, -0.05) is 46.3 Å². The molecule has 1 aliphatic rings. The van der Waals surface area contributed by atoms with Crippen LogP contribution in [0.1, 0.15) is 85.7 Å². The highest BCUT2D eigenvalue weighted by molar-refractivity contribution is 5.88. The van der Waals surface area contributed by atoms with Crippen molar-refractivity contribution in [2.45, 2.75) is 99.4 Å². The van der Waals surface area contributed by atoms with Gasteiger partial charge in [0, 0.05) is 19.3 Å². The van der Waals surface area contributed by atoms with Gasteiger partial charge in [0.25, 0.3) is 0 Å². The fourth-order valence-electron chi connectivity index (χ4n) is 4.92. The van der Waals surface area contributed by atoms with Crippen molar-refractivity contribution in [3.8, 4) is 0 Å². The van der Waals surface area contributed by atoms with Gasteiger partial charge in [0.05, 0.1) is 24.0 Å². The number of oxazole rings is 1. The van der Waals surface area contributed by atoms with E-state index in [1.54, 1.807) is 34.0 Å². The molecule has 2 rings (SSSR count). The quantitative estimate of drug-likeness (QED) is 0.442. The SMILES string of the molecule is CC1=CC[C@@H](C(C)=Cc2coc(C)n2)OC(=O)C[C@H](O)C(C)(C)C(=O)[C@H](C)[C@@H](O)[C@@H](C)CC(C)C1. The molecule has 1 aliphatic heterocycles. The van der Waals surface area contributed by atoms with E-state index in [1.807, 2.05) is 19.9 Å². The van der Waals surface area contributed by atoms with E-state index in [4.69, 9.17) is 9.15 Å². The van der Waals surface area contributed by atoms with E-state index in [0.29, 0.717) is 23.9 Å². The number of aromatic nitrogens is 1. The summed E-state index contributed by atoms with van der Waals surface area (Å²) >= 11 is 0. The molecule has 6 atom stereocenters. The van der Waals surface area contributed by atoms with Gasteiger partial charge >= 0.3 is 5.97 Å². The highest BCUT2D eigenvalue weighted by Crippen LogP contribution is 2.33. The lowest BCUT2D eigenvalue weighted by atomic mass is 9.72. The van der Waals surface area contributed by atoms with Gasteiger partial charge in [-0.2, -0.15) is 0 Å². The summed E-state index contributed by atoms with van der Waals surface area (Å²) < 4.78 is 11.1. The zero-order chi connectivity index (χ0) is 26.5. The lowest BCUT2D eigenvalue weighted by Crippen LogP contribution is -2.45. The van der Waals surface area contributed by atoms with Crippen LogP contribution in [0.5, 0.6) is 0 Å². The summed E-state index contributed by atoms with van der Waals surface area (Å²) in [6.07, 6.45) is 4.65. The molecule has 35 heavy (non-hydrogen) atoms. The van der Waals surface area contributed by atoms with Crippen LogP contribution < -0.4 is 0 Å². The zero-order valence-corrected chi connectivity index (χ0v) is 22.5. The number of ketones is 1. The monoisotopic (exact) mass is 489 g/mol. The third-order valence-electron chi connectivity index (χ3n) is 7.26. The van der Waals surface area contributed by atoms with Gasteiger partial charge in [0.2, 0.25) is 0 Å². The maximum Gasteiger partial charge on any atom is 0.309 e. The van der Waals surface area contributed by atoms with E-state index < -0.39 is 35.6 Å². The van der Waals surface area contributed by atoms with Crippen LogP contribution in [0.15, 0.2) is 27.9 Å². The van der Waals surface area contributed by atoms with Crippen molar-refractivity contribution < 1.29 is 29.0 Å². The van der Waals surface area contributed by atoms with Crippen molar-refractivity contribution in [2.24, 2.45) is 23.2 Å². The number of carbonyl (C=O) groups excluding carboxylic acids is 2. The molecule has 0 saturated heterocycles. The zero-order valence-electron chi connectivity index (χ0n) is 22.5. The molecule has 1 aromatic rings. The highest BCUT2D eigenvalue weighted by Gasteiger charge is 2.42. The molecule has 0 aliphatic carbocycles. The first-order valence-electron chi connectivity index (χ1n) is 12.6. The maximum atomic E-state index is 13.2. The van der Waals surface area contributed by atoms with Gasteiger partial charge in [0.15, 0.2) is 5.89 Å². The van der Waals surface area contributed by atoms with Crippen molar-refractivity contribution in [1.82, 2.24) is 4.98 Å². The van der Waals surface area contributed by atoms with E-state index in [2.05, 4.69) is 24.9 Å². The van der Waals surface area contributed by atoms with Gasteiger partial charge in [-0.15, -0.1) is 0 Å². The van der Waals surface area contributed by atoms with E-state index in [0.717, 1.165) is 18.4 Å². The normalized spacial score (nSPS) is 32.2. The Labute approximate surface area is 209 Å². The number of aryl methyl sites for hydroxylation is 1. The van der Waals surface area contributed by atoms with Crippen molar-refractivity contribution in [1.29, 1.82) is 0 Å². The Morgan fingerprint density at radius 1 is 1.14 bits per heavy atom. The molecule has 7 nitrogen and oxygen atoms in total. The van der Waals surface area contributed by atoms with Crippen LogP contribution in [0, 0.1) is 30.1 Å². The highest BCUT2D eigenvalue weighted by atomic mass is 16.5. The van der Waals surface area contributed by atoms with Crippen LogP contribution in [0.4, 0.5) is 0 Å². The minimum Gasteiger partial charge on any atom is -0.457 e. The Kier molecular flexibility index (Phi) is 10.0. The molecule has 2 heterocycles. The molecule has 1 unspecified atom stereocenters. The Morgan fingerprint density at radius 3 is 2.40 bits per heavy atom. The number of aliphatic hydroxyl groups excluding tert-OH is 2. The Hall–Kier alpha value is -2.25. The fraction of sp³-hybridized carbons (Fsp3) is 0.679. The second kappa shape index (κ2) is 12.1. The van der Waals surface area contributed by atoms with Crippen molar-refractivity contribution in [3.63, 3.8) is 0 Å². The molecule has 1 aromatic heterocycles. The smallest absolute Gasteiger partial charge is 0.309 e. The van der Waals surface area contributed by atoms with Crippen LogP contribution in [-0.4, -0.2) is 45.3 Å². The predicted molar refractivity (Wildman–Crippen MR) is 135 cm³/mol. The molecule has 7 heteroatoms. The standard InChI is InChI=1S/C28H43NO6/c1-16-9-10-23(18(3)13-22-15-34-21(6)29-22)35-25(31)14-24(30)28(7,8)27(33)20(5)26(32)19(4)12-17(2)11-16/h9,13,15,17,19-20,23-24,26,30,32H,10-12,14H2,1-8H3/t17?,19-,20+,23-,24-,26-/m0/s1. The number of ether oxygens (including phenoxy) is 1. The maximum absolute atomic E-state index is 13.2. The van der Waals surface area contributed by atoms with Gasteiger partial charge in [-0.3, -0.25) is 9.59 Å². The minimum atomic E-state index is -1.24. The number of Topliss-reactive ketones (excluding diaryl/α,β-unsaturated/α-hetero) is 1. The van der Waals surface area contributed by atoms with Crippen molar-refractivity contribution in [3.05, 3.63) is 35.1 Å². The molecular weight excluding hydrogens is 446 g/mol. The van der Waals surface area contributed by atoms with E-state index in [9.17, 15) is 19.8 Å². The molecule has 196 valence electrons. The molecule has 0 spiro atoms. The van der Waals surface area contributed by atoms with E-state index >= 15 is 0 Å². The number of esters is 1. The molecular formula is C28H43NO6. The molecule has 0 saturated carbocycles. The fourth-order valence-corrected chi connectivity index (χ4v) is 4.92. The van der Waals surface area contributed by atoms with Crippen LogP contribution in [0.3, 0.4) is 0 Å². The van der Waals surface area contributed by atoms with Crippen LogP contribution in [-0.2, 0) is 14.3 Å².